The predicted molar refractivity (Wildman–Crippen MR) is 115 cm³/mol. The number of piperazine rings is 1. The Morgan fingerprint density at radius 3 is 2.54 bits per heavy atom. The molecule has 4 nitrogen and oxygen atoms in total. The largest absolute Gasteiger partial charge is 0.357 e. The van der Waals surface area contributed by atoms with Crippen LogP contribution in [0.2, 0.25) is 0 Å². The van der Waals surface area contributed by atoms with Gasteiger partial charge in [-0.3, -0.25) is 4.90 Å². The summed E-state index contributed by atoms with van der Waals surface area (Å²) in [5.41, 5.74) is 1.26. The van der Waals surface area contributed by atoms with E-state index in [4.69, 9.17) is 0 Å². The number of guanidine groups is 1. The van der Waals surface area contributed by atoms with Gasteiger partial charge in [-0.15, -0.1) is 30.6 Å². The van der Waals surface area contributed by atoms with Crippen LogP contribution in [0.1, 0.15) is 12.5 Å². The van der Waals surface area contributed by atoms with Gasteiger partial charge in [0.25, 0.3) is 0 Å². The summed E-state index contributed by atoms with van der Waals surface area (Å²) in [5.74, 6) is 1.01. The number of halogens is 1. The van der Waals surface area contributed by atoms with Crippen molar-refractivity contribution in [2.75, 3.05) is 45.8 Å². The summed E-state index contributed by atoms with van der Waals surface area (Å²) >= 11 is 0. The van der Waals surface area contributed by atoms with E-state index in [-0.39, 0.29) is 24.0 Å². The molecule has 1 aromatic carbocycles. The van der Waals surface area contributed by atoms with E-state index in [1.165, 1.54) is 5.56 Å². The molecular weight excluding hydrogens is 411 g/mol. The smallest absolute Gasteiger partial charge is 0.194 e. The van der Waals surface area contributed by atoms with E-state index in [1.54, 1.807) is 0 Å². The Kier molecular flexibility index (Phi) is 10.4. The number of rotatable bonds is 6. The third kappa shape index (κ3) is 7.05. The van der Waals surface area contributed by atoms with Crippen LogP contribution < -0.4 is 5.32 Å². The van der Waals surface area contributed by atoms with E-state index < -0.39 is 0 Å². The first-order valence-electron chi connectivity index (χ1n) is 8.41. The van der Waals surface area contributed by atoms with Crippen LogP contribution in [-0.4, -0.2) is 61.6 Å². The van der Waals surface area contributed by atoms with Gasteiger partial charge in [0.2, 0.25) is 0 Å². The van der Waals surface area contributed by atoms with Gasteiger partial charge in [0.05, 0.1) is 6.54 Å². The zero-order chi connectivity index (χ0) is 16.3. The molecule has 0 aromatic heterocycles. The predicted octanol–water partition coefficient (Wildman–Crippen LogP) is 3.09. The average molecular weight is 440 g/mol. The second-order valence-electron chi connectivity index (χ2n) is 5.58. The molecule has 0 aliphatic carbocycles. The van der Waals surface area contributed by atoms with Gasteiger partial charge in [-0.2, -0.15) is 0 Å². The van der Waals surface area contributed by atoms with Crippen molar-refractivity contribution >= 4 is 36.0 Å². The summed E-state index contributed by atoms with van der Waals surface area (Å²) in [7, 11) is 0. The molecule has 1 fully saturated rings. The van der Waals surface area contributed by atoms with Crippen LogP contribution in [-0.2, 0) is 0 Å². The molecule has 132 valence electrons. The van der Waals surface area contributed by atoms with Gasteiger partial charge in [-0.25, -0.2) is 4.99 Å². The second-order valence-corrected chi connectivity index (χ2v) is 5.58. The number of aliphatic imine (C=N–C) groups is 1. The van der Waals surface area contributed by atoms with Crippen LogP contribution >= 0.6 is 24.0 Å². The van der Waals surface area contributed by atoms with Crippen LogP contribution in [0.15, 0.2) is 54.1 Å². The number of benzene rings is 1. The highest BCUT2D eigenvalue weighted by atomic mass is 127. The third-order valence-electron chi connectivity index (χ3n) is 3.85. The van der Waals surface area contributed by atoms with Crippen molar-refractivity contribution in [3.05, 3.63) is 54.6 Å². The van der Waals surface area contributed by atoms with Crippen molar-refractivity contribution in [2.45, 2.75) is 6.92 Å². The van der Waals surface area contributed by atoms with Crippen LogP contribution in [0.25, 0.3) is 6.08 Å². The van der Waals surface area contributed by atoms with Gasteiger partial charge in [-0.05, 0) is 12.5 Å². The Hall–Kier alpha value is -1.34. The lowest BCUT2D eigenvalue weighted by Crippen LogP contribution is -2.52. The Morgan fingerprint density at radius 1 is 1.21 bits per heavy atom. The fourth-order valence-corrected chi connectivity index (χ4v) is 2.62. The standard InChI is InChI=1S/C19H28N4.HI/c1-3-12-21-19(20-4-2)23-16-14-22(15-17-23)13-8-11-18-9-6-5-7-10-18;/h3,5-11H,1,4,12-17H2,2H3,(H,20,21);1H/b11-8+;. The first kappa shape index (κ1) is 20.7. The van der Waals surface area contributed by atoms with Crippen molar-refractivity contribution < 1.29 is 0 Å². The molecule has 0 atom stereocenters. The summed E-state index contributed by atoms with van der Waals surface area (Å²) in [5, 5.41) is 3.36. The van der Waals surface area contributed by atoms with E-state index >= 15 is 0 Å². The summed E-state index contributed by atoms with van der Waals surface area (Å²) in [6.07, 6.45) is 6.28. The number of hydrogen-bond donors (Lipinski definition) is 1. The van der Waals surface area contributed by atoms with Crippen LogP contribution in [0.4, 0.5) is 0 Å². The van der Waals surface area contributed by atoms with Gasteiger partial charge in [0.15, 0.2) is 5.96 Å². The molecular formula is C19H29IN4. The fourth-order valence-electron chi connectivity index (χ4n) is 2.62. The molecule has 1 N–H and O–H groups in total. The monoisotopic (exact) mass is 440 g/mol. The highest BCUT2D eigenvalue weighted by molar-refractivity contribution is 14.0. The Bertz CT molecular complexity index is 519. The van der Waals surface area contributed by atoms with Crippen LogP contribution in [0.5, 0.6) is 0 Å². The maximum absolute atomic E-state index is 4.56. The van der Waals surface area contributed by atoms with E-state index in [2.05, 4.69) is 70.0 Å². The van der Waals surface area contributed by atoms with Crippen LogP contribution in [0.3, 0.4) is 0 Å². The summed E-state index contributed by atoms with van der Waals surface area (Å²) in [4.78, 5) is 9.38. The molecule has 1 heterocycles. The minimum Gasteiger partial charge on any atom is -0.357 e. The molecule has 0 amide bonds. The van der Waals surface area contributed by atoms with Crippen molar-refractivity contribution in [3.63, 3.8) is 0 Å². The fraction of sp³-hybridized carbons (Fsp3) is 0.421. The molecule has 2 rings (SSSR count). The lowest BCUT2D eigenvalue weighted by atomic mass is 10.2. The van der Waals surface area contributed by atoms with E-state index in [0.717, 1.165) is 45.2 Å². The van der Waals surface area contributed by atoms with Gasteiger partial charge in [0, 0.05) is 39.3 Å². The van der Waals surface area contributed by atoms with Gasteiger partial charge in [0.1, 0.15) is 0 Å². The molecule has 0 unspecified atom stereocenters. The van der Waals surface area contributed by atoms with Crippen molar-refractivity contribution in [2.24, 2.45) is 4.99 Å². The topological polar surface area (TPSA) is 30.9 Å². The molecule has 0 saturated carbocycles. The Morgan fingerprint density at radius 2 is 1.92 bits per heavy atom. The number of nitrogens with zero attached hydrogens (tertiary/aromatic N) is 3. The highest BCUT2D eigenvalue weighted by Gasteiger charge is 2.18. The first-order valence-corrected chi connectivity index (χ1v) is 8.41. The maximum Gasteiger partial charge on any atom is 0.194 e. The lowest BCUT2D eigenvalue weighted by molar-refractivity contribution is 0.194. The molecule has 0 spiro atoms. The third-order valence-corrected chi connectivity index (χ3v) is 3.85. The molecule has 1 aliphatic heterocycles. The molecule has 1 aromatic rings. The molecule has 1 aliphatic rings. The van der Waals surface area contributed by atoms with E-state index in [0.29, 0.717) is 6.54 Å². The quantitative estimate of drug-likeness (QED) is 0.319. The highest BCUT2D eigenvalue weighted by Crippen LogP contribution is 2.05. The van der Waals surface area contributed by atoms with E-state index in [1.807, 2.05) is 12.1 Å². The van der Waals surface area contributed by atoms with Gasteiger partial charge < -0.3 is 10.2 Å². The van der Waals surface area contributed by atoms with Gasteiger partial charge in [-0.1, -0.05) is 48.6 Å². The summed E-state index contributed by atoms with van der Waals surface area (Å²) in [6.45, 7) is 12.6. The second kappa shape index (κ2) is 12.1. The van der Waals surface area contributed by atoms with E-state index in [9.17, 15) is 0 Å². The van der Waals surface area contributed by atoms with Gasteiger partial charge >= 0.3 is 0 Å². The molecule has 5 heteroatoms. The summed E-state index contributed by atoms with van der Waals surface area (Å²) in [6, 6.07) is 10.5. The normalized spacial score (nSPS) is 16.0. The summed E-state index contributed by atoms with van der Waals surface area (Å²) < 4.78 is 0. The number of hydrogen-bond acceptors (Lipinski definition) is 2. The SMILES string of the molecule is C=CCN=C(NCC)N1CCN(C/C=C/c2ccccc2)CC1.I. The van der Waals surface area contributed by atoms with Crippen LogP contribution in [0, 0.1) is 0 Å². The first-order chi connectivity index (χ1) is 11.3. The number of nitrogens with one attached hydrogen (secondary N) is 1. The zero-order valence-corrected chi connectivity index (χ0v) is 16.9. The maximum atomic E-state index is 4.56. The molecule has 0 radical (unpaired) electrons. The lowest BCUT2D eigenvalue weighted by Gasteiger charge is -2.36. The Labute approximate surface area is 163 Å². The molecule has 24 heavy (non-hydrogen) atoms. The minimum atomic E-state index is 0. The molecule has 0 bridgehead atoms. The zero-order valence-electron chi connectivity index (χ0n) is 14.5. The van der Waals surface area contributed by atoms with Crippen molar-refractivity contribution in [1.29, 1.82) is 0 Å². The Balaban J connectivity index is 0.00000288. The average Bonchev–Trinajstić information content (AvgIpc) is 2.60. The van der Waals surface area contributed by atoms with Crippen molar-refractivity contribution in [1.82, 2.24) is 15.1 Å². The van der Waals surface area contributed by atoms with Crippen molar-refractivity contribution in [3.8, 4) is 0 Å². The minimum absolute atomic E-state index is 0. The molecule has 1 saturated heterocycles.